The second-order valence-corrected chi connectivity index (χ2v) is 16.0. The molecule has 4 N–H and O–H groups in total. The molecular formula is C46H91NO4. The van der Waals surface area contributed by atoms with Gasteiger partial charge in [-0.15, -0.1) is 0 Å². The lowest BCUT2D eigenvalue weighted by molar-refractivity contribution is -0.124. The van der Waals surface area contributed by atoms with E-state index in [1.54, 1.807) is 6.08 Å². The minimum Gasteiger partial charge on any atom is -0.394 e. The Morgan fingerprint density at radius 2 is 0.804 bits per heavy atom. The van der Waals surface area contributed by atoms with Crippen LogP contribution in [0.1, 0.15) is 251 Å². The Labute approximate surface area is 319 Å². The Balaban J connectivity index is 3.57. The van der Waals surface area contributed by atoms with Gasteiger partial charge in [-0.05, 0) is 19.3 Å². The maximum atomic E-state index is 12.4. The number of carbonyl (C=O) groups excluding carboxylic acids is 1. The molecule has 0 spiro atoms. The summed E-state index contributed by atoms with van der Waals surface area (Å²) in [4.78, 5) is 12.4. The first-order valence-electron chi connectivity index (χ1n) is 23.0. The molecule has 3 atom stereocenters. The number of hydrogen-bond donors (Lipinski definition) is 4. The largest absolute Gasteiger partial charge is 0.394 e. The molecule has 0 radical (unpaired) electrons. The lowest BCUT2D eigenvalue weighted by Gasteiger charge is -2.21. The Kier molecular flexibility index (Phi) is 41.1. The van der Waals surface area contributed by atoms with Crippen LogP contribution in [0.3, 0.4) is 0 Å². The van der Waals surface area contributed by atoms with Crippen LogP contribution >= 0.6 is 0 Å². The van der Waals surface area contributed by atoms with Crippen LogP contribution in [0, 0.1) is 0 Å². The molecule has 51 heavy (non-hydrogen) atoms. The summed E-state index contributed by atoms with van der Waals surface area (Å²) in [5, 5.41) is 33.2. The lowest BCUT2D eigenvalue weighted by atomic mass is 10.0. The number of aliphatic hydroxyl groups is 3. The van der Waals surface area contributed by atoms with Crippen molar-refractivity contribution in [3.63, 3.8) is 0 Å². The van der Waals surface area contributed by atoms with Crippen molar-refractivity contribution in [1.29, 1.82) is 0 Å². The van der Waals surface area contributed by atoms with E-state index in [1.165, 1.54) is 199 Å². The molecule has 304 valence electrons. The van der Waals surface area contributed by atoms with E-state index in [4.69, 9.17) is 0 Å². The number of rotatable bonds is 42. The average Bonchev–Trinajstić information content (AvgIpc) is 3.12. The van der Waals surface area contributed by atoms with E-state index >= 15 is 0 Å². The SMILES string of the molecule is CCCCCCCCCCCCC/C=C/[C@@H](O)[C@H](CO)NC(=O)C[C@H](O)CCCCCCCCCCCCCCCCCCCCCCCCC. The van der Waals surface area contributed by atoms with E-state index in [0.29, 0.717) is 6.42 Å². The summed E-state index contributed by atoms with van der Waals surface area (Å²) in [7, 11) is 0. The van der Waals surface area contributed by atoms with E-state index in [2.05, 4.69) is 19.2 Å². The van der Waals surface area contributed by atoms with Crippen molar-refractivity contribution >= 4 is 5.91 Å². The van der Waals surface area contributed by atoms with E-state index in [1.807, 2.05) is 6.08 Å². The predicted octanol–water partition coefficient (Wildman–Crippen LogP) is 13.2. The minimum absolute atomic E-state index is 0.0188. The van der Waals surface area contributed by atoms with Gasteiger partial charge in [-0.3, -0.25) is 4.79 Å². The molecule has 0 aromatic rings. The zero-order valence-corrected chi connectivity index (χ0v) is 34.5. The zero-order chi connectivity index (χ0) is 37.3. The molecule has 5 nitrogen and oxygen atoms in total. The van der Waals surface area contributed by atoms with Crippen molar-refractivity contribution in [2.24, 2.45) is 0 Å². The molecule has 0 heterocycles. The van der Waals surface area contributed by atoms with Gasteiger partial charge in [0, 0.05) is 0 Å². The normalized spacial score (nSPS) is 13.6. The fourth-order valence-corrected chi connectivity index (χ4v) is 7.28. The number of hydrogen-bond acceptors (Lipinski definition) is 4. The molecule has 0 saturated carbocycles. The number of amides is 1. The molecule has 0 fully saturated rings. The van der Waals surface area contributed by atoms with Gasteiger partial charge in [0.25, 0.3) is 0 Å². The van der Waals surface area contributed by atoms with Gasteiger partial charge in [0.1, 0.15) is 0 Å². The number of unbranched alkanes of at least 4 members (excludes halogenated alkanes) is 33. The van der Waals surface area contributed by atoms with E-state index in [9.17, 15) is 20.1 Å². The van der Waals surface area contributed by atoms with Crippen molar-refractivity contribution in [1.82, 2.24) is 5.32 Å². The van der Waals surface area contributed by atoms with Crippen LogP contribution in [0.2, 0.25) is 0 Å². The summed E-state index contributed by atoms with van der Waals surface area (Å²) in [6.07, 6.45) is 49.3. The first kappa shape index (κ1) is 50.1. The maximum absolute atomic E-state index is 12.4. The molecule has 0 aromatic heterocycles. The number of allylic oxidation sites excluding steroid dienone is 1. The highest BCUT2D eigenvalue weighted by molar-refractivity contribution is 5.76. The molecule has 0 aliphatic heterocycles. The number of aliphatic hydroxyl groups excluding tert-OH is 3. The predicted molar refractivity (Wildman–Crippen MR) is 222 cm³/mol. The standard InChI is InChI=1S/C46H91NO4/c1-3-5-7-9-11-13-15-17-18-19-20-21-22-23-24-25-26-28-29-31-33-35-37-39-43(49)41-46(51)47-44(42-48)45(50)40-38-36-34-32-30-27-16-14-12-10-8-6-4-2/h38,40,43-45,48-50H,3-37,39,41-42H2,1-2H3,(H,47,51)/b40-38+/t43-,44+,45-/m1/s1. The third kappa shape index (κ3) is 38.6. The average molecular weight is 722 g/mol. The summed E-state index contributed by atoms with van der Waals surface area (Å²) in [5.41, 5.74) is 0. The van der Waals surface area contributed by atoms with Crippen LogP contribution in [0.15, 0.2) is 12.2 Å². The highest BCUT2D eigenvalue weighted by Gasteiger charge is 2.20. The smallest absolute Gasteiger partial charge is 0.222 e. The third-order valence-electron chi connectivity index (χ3n) is 10.8. The van der Waals surface area contributed by atoms with Crippen LogP contribution in [-0.4, -0.2) is 46.1 Å². The lowest BCUT2D eigenvalue weighted by Crippen LogP contribution is -2.45. The highest BCUT2D eigenvalue weighted by Crippen LogP contribution is 2.17. The summed E-state index contributed by atoms with van der Waals surface area (Å²) in [6, 6.07) is -0.738. The van der Waals surface area contributed by atoms with Gasteiger partial charge in [-0.25, -0.2) is 0 Å². The quantitative estimate of drug-likeness (QED) is 0.0373. The molecule has 0 aromatic carbocycles. The van der Waals surface area contributed by atoms with Crippen LogP contribution in [-0.2, 0) is 4.79 Å². The van der Waals surface area contributed by atoms with Gasteiger partial charge < -0.3 is 20.6 Å². The molecule has 0 aliphatic rings. The van der Waals surface area contributed by atoms with Crippen molar-refractivity contribution < 1.29 is 20.1 Å². The molecule has 0 aliphatic carbocycles. The van der Waals surface area contributed by atoms with Crippen molar-refractivity contribution in [2.45, 2.75) is 270 Å². The fourth-order valence-electron chi connectivity index (χ4n) is 7.28. The van der Waals surface area contributed by atoms with Gasteiger partial charge in [0.05, 0.1) is 31.3 Å². The van der Waals surface area contributed by atoms with Gasteiger partial charge >= 0.3 is 0 Å². The molecular weight excluding hydrogens is 631 g/mol. The van der Waals surface area contributed by atoms with Crippen LogP contribution in [0.5, 0.6) is 0 Å². The minimum atomic E-state index is -0.923. The van der Waals surface area contributed by atoms with Gasteiger partial charge in [-0.2, -0.15) is 0 Å². The highest BCUT2D eigenvalue weighted by atomic mass is 16.3. The summed E-state index contributed by atoms with van der Waals surface area (Å²) in [6.45, 7) is 4.22. The first-order valence-corrected chi connectivity index (χ1v) is 23.0. The molecule has 1 amide bonds. The van der Waals surface area contributed by atoms with Crippen LogP contribution in [0.25, 0.3) is 0 Å². The van der Waals surface area contributed by atoms with Gasteiger partial charge in [-0.1, -0.05) is 238 Å². The number of carbonyl (C=O) groups is 1. The molecule has 0 bridgehead atoms. The summed E-state index contributed by atoms with van der Waals surface area (Å²) in [5.74, 6) is -0.312. The van der Waals surface area contributed by atoms with Gasteiger partial charge in [0.15, 0.2) is 0 Å². The second kappa shape index (κ2) is 41.8. The Hall–Kier alpha value is -0.910. The molecule has 0 rings (SSSR count). The Morgan fingerprint density at radius 3 is 1.14 bits per heavy atom. The van der Waals surface area contributed by atoms with E-state index < -0.39 is 18.2 Å². The summed E-state index contributed by atoms with van der Waals surface area (Å²) >= 11 is 0. The zero-order valence-electron chi connectivity index (χ0n) is 34.5. The van der Waals surface area contributed by atoms with Crippen molar-refractivity contribution in [3.8, 4) is 0 Å². The van der Waals surface area contributed by atoms with Crippen LogP contribution < -0.4 is 5.32 Å². The molecule has 0 unspecified atom stereocenters. The van der Waals surface area contributed by atoms with Crippen LogP contribution in [0.4, 0.5) is 0 Å². The second-order valence-electron chi connectivity index (χ2n) is 16.0. The fraction of sp³-hybridized carbons (Fsp3) is 0.935. The molecule has 0 saturated heterocycles. The van der Waals surface area contributed by atoms with E-state index in [-0.39, 0.29) is 18.9 Å². The Bertz CT molecular complexity index is 713. The monoisotopic (exact) mass is 722 g/mol. The Morgan fingerprint density at radius 1 is 0.490 bits per heavy atom. The molecule has 5 heteroatoms. The van der Waals surface area contributed by atoms with Crippen molar-refractivity contribution in [2.75, 3.05) is 6.61 Å². The number of nitrogens with one attached hydrogen (secondary N) is 1. The van der Waals surface area contributed by atoms with E-state index in [0.717, 1.165) is 25.7 Å². The maximum Gasteiger partial charge on any atom is 0.222 e. The first-order chi connectivity index (χ1) is 25.0. The summed E-state index contributed by atoms with van der Waals surface area (Å²) < 4.78 is 0. The topological polar surface area (TPSA) is 89.8 Å². The van der Waals surface area contributed by atoms with Gasteiger partial charge in [0.2, 0.25) is 5.91 Å². The van der Waals surface area contributed by atoms with Crippen molar-refractivity contribution in [3.05, 3.63) is 12.2 Å². The third-order valence-corrected chi connectivity index (χ3v) is 10.8.